The van der Waals surface area contributed by atoms with Crippen LogP contribution >= 0.6 is 0 Å². The second kappa shape index (κ2) is 6.75. The molecule has 1 aliphatic heterocycles. The van der Waals surface area contributed by atoms with E-state index in [2.05, 4.69) is 29.2 Å². The van der Waals surface area contributed by atoms with Gasteiger partial charge in [0.2, 0.25) is 0 Å². The minimum absolute atomic E-state index is 0.127. The summed E-state index contributed by atoms with van der Waals surface area (Å²) in [4.78, 5) is 16.3. The molecular weight excluding hydrogens is 252 g/mol. The zero-order chi connectivity index (χ0) is 14.5. The van der Waals surface area contributed by atoms with Crippen LogP contribution in [0.3, 0.4) is 0 Å². The lowest BCUT2D eigenvalue weighted by molar-refractivity contribution is -0.141. The third-order valence-electron chi connectivity index (χ3n) is 3.72. The lowest BCUT2D eigenvalue weighted by atomic mass is 10.1. The molecule has 0 aliphatic carbocycles. The van der Waals surface area contributed by atoms with Gasteiger partial charge in [-0.2, -0.15) is 0 Å². The molecule has 0 aromatic heterocycles. The number of amides is 1. The van der Waals surface area contributed by atoms with E-state index < -0.39 is 0 Å². The van der Waals surface area contributed by atoms with Crippen molar-refractivity contribution in [2.24, 2.45) is 0 Å². The first-order valence-corrected chi connectivity index (χ1v) is 7.28. The molecule has 20 heavy (non-hydrogen) atoms. The molecule has 1 amide bonds. The largest absolute Gasteiger partial charge is 0.378 e. The van der Waals surface area contributed by atoms with Gasteiger partial charge in [0, 0.05) is 39.5 Å². The Morgan fingerprint density at radius 3 is 2.50 bits per heavy atom. The smallest absolute Gasteiger partial charge is 0.251 e. The van der Waals surface area contributed by atoms with Crippen LogP contribution in [-0.2, 0) is 16.1 Å². The molecule has 1 saturated heterocycles. The van der Waals surface area contributed by atoms with Crippen molar-refractivity contribution in [2.75, 3.05) is 32.1 Å². The van der Waals surface area contributed by atoms with Gasteiger partial charge in [-0.3, -0.25) is 4.79 Å². The van der Waals surface area contributed by atoms with Crippen LogP contribution in [0.5, 0.6) is 0 Å². The fourth-order valence-electron chi connectivity index (χ4n) is 2.44. The molecule has 1 aromatic carbocycles. The summed E-state index contributed by atoms with van der Waals surface area (Å²) in [5.74, 6) is 0.127. The zero-order valence-electron chi connectivity index (χ0n) is 12.6. The van der Waals surface area contributed by atoms with Crippen LogP contribution in [0.25, 0.3) is 0 Å². The Hall–Kier alpha value is -1.55. The molecule has 0 N–H and O–H groups in total. The van der Waals surface area contributed by atoms with E-state index in [1.807, 2.05) is 25.9 Å². The number of nitrogens with zero attached hydrogens (tertiary/aromatic N) is 2. The molecule has 0 radical (unpaired) electrons. The summed E-state index contributed by atoms with van der Waals surface area (Å²) in [5.41, 5.74) is 2.33. The SMILES string of the molecule is CCN(Cc1ccc(N(C)C)cc1)C(=O)C1CCCO1. The highest BCUT2D eigenvalue weighted by Gasteiger charge is 2.27. The minimum Gasteiger partial charge on any atom is -0.378 e. The lowest BCUT2D eigenvalue weighted by Crippen LogP contribution is -2.38. The van der Waals surface area contributed by atoms with E-state index in [1.54, 1.807) is 0 Å². The van der Waals surface area contributed by atoms with Gasteiger partial charge in [0.05, 0.1) is 0 Å². The maximum Gasteiger partial charge on any atom is 0.251 e. The van der Waals surface area contributed by atoms with E-state index >= 15 is 0 Å². The lowest BCUT2D eigenvalue weighted by Gasteiger charge is -2.24. The van der Waals surface area contributed by atoms with Crippen molar-refractivity contribution >= 4 is 11.6 Å². The summed E-state index contributed by atoms with van der Waals surface area (Å²) in [6, 6.07) is 8.33. The molecule has 1 fully saturated rings. The number of carbonyl (C=O) groups excluding carboxylic acids is 1. The monoisotopic (exact) mass is 276 g/mol. The highest BCUT2D eigenvalue weighted by Crippen LogP contribution is 2.18. The van der Waals surface area contributed by atoms with Crippen LogP contribution in [0, 0.1) is 0 Å². The predicted octanol–water partition coefficient (Wildman–Crippen LogP) is 2.28. The number of hydrogen-bond donors (Lipinski definition) is 0. The Morgan fingerprint density at radius 1 is 1.30 bits per heavy atom. The number of ether oxygens (including phenoxy) is 1. The van der Waals surface area contributed by atoms with Crippen molar-refractivity contribution in [1.82, 2.24) is 4.90 Å². The fourth-order valence-corrected chi connectivity index (χ4v) is 2.44. The number of likely N-dealkylation sites (N-methyl/N-ethyl adjacent to an activating group) is 1. The van der Waals surface area contributed by atoms with E-state index in [1.165, 1.54) is 5.69 Å². The van der Waals surface area contributed by atoms with E-state index in [9.17, 15) is 4.79 Å². The molecule has 1 atom stereocenters. The maximum atomic E-state index is 12.3. The third-order valence-corrected chi connectivity index (χ3v) is 3.72. The van der Waals surface area contributed by atoms with Gasteiger partial charge < -0.3 is 14.5 Å². The van der Waals surface area contributed by atoms with Crippen molar-refractivity contribution in [1.29, 1.82) is 0 Å². The highest BCUT2D eigenvalue weighted by molar-refractivity contribution is 5.81. The molecule has 2 rings (SSSR count). The first-order valence-electron chi connectivity index (χ1n) is 7.28. The quantitative estimate of drug-likeness (QED) is 0.827. The maximum absolute atomic E-state index is 12.3. The van der Waals surface area contributed by atoms with Gasteiger partial charge in [0.1, 0.15) is 6.10 Å². The second-order valence-electron chi connectivity index (χ2n) is 5.41. The number of hydrogen-bond acceptors (Lipinski definition) is 3. The Labute approximate surface area is 121 Å². The number of anilines is 1. The Kier molecular flexibility index (Phi) is 5.01. The third kappa shape index (κ3) is 3.51. The summed E-state index contributed by atoms with van der Waals surface area (Å²) in [6.07, 6.45) is 1.62. The van der Waals surface area contributed by atoms with Gasteiger partial charge in [-0.1, -0.05) is 12.1 Å². The van der Waals surface area contributed by atoms with Crippen molar-refractivity contribution in [3.8, 4) is 0 Å². The molecule has 1 aliphatic rings. The summed E-state index contributed by atoms with van der Waals surface area (Å²) in [6.45, 7) is 4.10. The first kappa shape index (κ1) is 14.9. The molecule has 4 nitrogen and oxygen atoms in total. The molecule has 1 aromatic rings. The topological polar surface area (TPSA) is 32.8 Å². The zero-order valence-corrected chi connectivity index (χ0v) is 12.6. The summed E-state index contributed by atoms with van der Waals surface area (Å²) in [7, 11) is 4.04. The van der Waals surface area contributed by atoms with Crippen LogP contribution in [0.4, 0.5) is 5.69 Å². The van der Waals surface area contributed by atoms with Crippen molar-refractivity contribution in [3.05, 3.63) is 29.8 Å². The number of benzene rings is 1. The molecular formula is C16H24N2O2. The Bertz CT molecular complexity index is 436. The first-order chi connectivity index (χ1) is 9.61. The number of carbonyl (C=O) groups is 1. The molecule has 1 heterocycles. The van der Waals surface area contributed by atoms with Gasteiger partial charge in [-0.25, -0.2) is 0 Å². The summed E-state index contributed by atoms with van der Waals surface area (Å²) in [5, 5.41) is 0. The van der Waals surface area contributed by atoms with Crippen molar-refractivity contribution in [3.63, 3.8) is 0 Å². The molecule has 110 valence electrons. The summed E-state index contributed by atoms with van der Waals surface area (Å²) < 4.78 is 5.49. The van der Waals surface area contributed by atoms with Gasteiger partial charge in [-0.05, 0) is 37.5 Å². The van der Waals surface area contributed by atoms with Crippen molar-refractivity contribution < 1.29 is 9.53 Å². The van der Waals surface area contributed by atoms with Crippen LogP contribution in [0.15, 0.2) is 24.3 Å². The van der Waals surface area contributed by atoms with Crippen molar-refractivity contribution in [2.45, 2.75) is 32.4 Å². The van der Waals surface area contributed by atoms with Gasteiger partial charge in [0.15, 0.2) is 0 Å². The molecule has 1 unspecified atom stereocenters. The Morgan fingerprint density at radius 2 is 2.00 bits per heavy atom. The second-order valence-corrected chi connectivity index (χ2v) is 5.41. The van der Waals surface area contributed by atoms with Crippen LogP contribution in [0.2, 0.25) is 0 Å². The average molecular weight is 276 g/mol. The number of rotatable bonds is 5. The minimum atomic E-state index is -0.226. The molecule has 0 bridgehead atoms. The average Bonchev–Trinajstić information content (AvgIpc) is 2.98. The standard InChI is InChI=1S/C16H24N2O2/c1-4-18(16(19)15-6-5-11-20-15)12-13-7-9-14(10-8-13)17(2)3/h7-10,15H,4-6,11-12H2,1-3H3. The normalized spacial score (nSPS) is 18.1. The van der Waals surface area contributed by atoms with E-state index in [0.717, 1.165) is 18.4 Å². The van der Waals surface area contributed by atoms with Crippen LogP contribution < -0.4 is 4.90 Å². The van der Waals surface area contributed by atoms with E-state index in [4.69, 9.17) is 4.74 Å². The molecule has 0 saturated carbocycles. The van der Waals surface area contributed by atoms with Gasteiger partial charge in [0.25, 0.3) is 5.91 Å². The fraction of sp³-hybridized carbons (Fsp3) is 0.562. The molecule has 0 spiro atoms. The predicted molar refractivity (Wildman–Crippen MR) is 80.8 cm³/mol. The highest BCUT2D eigenvalue weighted by atomic mass is 16.5. The van der Waals surface area contributed by atoms with E-state index in [-0.39, 0.29) is 12.0 Å². The summed E-state index contributed by atoms with van der Waals surface area (Å²) >= 11 is 0. The van der Waals surface area contributed by atoms with Gasteiger partial charge in [-0.15, -0.1) is 0 Å². The van der Waals surface area contributed by atoms with E-state index in [0.29, 0.717) is 19.7 Å². The Balaban J connectivity index is 2.00. The van der Waals surface area contributed by atoms with Crippen LogP contribution in [0.1, 0.15) is 25.3 Å². The van der Waals surface area contributed by atoms with Crippen LogP contribution in [-0.4, -0.2) is 44.2 Å². The molecule has 4 heteroatoms. The van der Waals surface area contributed by atoms with Gasteiger partial charge >= 0.3 is 0 Å².